The summed E-state index contributed by atoms with van der Waals surface area (Å²) < 4.78 is 0. The molecular formula is C19H27ClN4. The molecule has 24 heavy (non-hydrogen) atoms. The van der Waals surface area contributed by atoms with Gasteiger partial charge >= 0.3 is 0 Å². The first-order valence-electron chi connectivity index (χ1n) is 8.37. The Morgan fingerprint density at radius 3 is 2.67 bits per heavy atom. The van der Waals surface area contributed by atoms with Crippen LogP contribution in [0.1, 0.15) is 12.0 Å². The Kier molecular flexibility index (Phi) is 7.03. The number of anilines is 2. The zero-order valence-corrected chi connectivity index (χ0v) is 15.3. The minimum atomic E-state index is 0. The van der Waals surface area contributed by atoms with Gasteiger partial charge in [-0.1, -0.05) is 24.3 Å². The predicted molar refractivity (Wildman–Crippen MR) is 103 cm³/mol. The molecule has 1 unspecified atom stereocenters. The highest BCUT2D eigenvalue weighted by atomic mass is 35.5. The van der Waals surface area contributed by atoms with Crippen LogP contribution in [0, 0.1) is 5.92 Å². The maximum absolute atomic E-state index is 4.64. The summed E-state index contributed by atoms with van der Waals surface area (Å²) in [7, 11) is 4.09. The van der Waals surface area contributed by atoms with Gasteiger partial charge in [0.25, 0.3) is 0 Å². The van der Waals surface area contributed by atoms with Gasteiger partial charge in [-0.05, 0) is 56.2 Å². The van der Waals surface area contributed by atoms with Gasteiger partial charge in [-0.2, -0.15) is 0 Å². The lowest BCUT2D eigenvalue weighted by Crippen LogP contribution is -2.24. The van der Waals surface area contributed by atoms with Gasteiger partial charge in [-0.3, -0.25) is 4.90 Å². The number of hydrogen-bond donors (Lipinski definition) is 1. The van der Waals surface area contributed by atoms with Crippen LogP contribution < -0.4 is 10.2 Å². The van der Waals surface area contributed by atoms with Gasteiger partial charge < -0.3 is 10.2 Å². The number of aromatic nitrogens is 1. The van der Waals surface area contributed by atoms with Crippen molar-refractivity contribution in [3.8, 4) is 0 Å². The Balaban J connectivity index is 0.00000208. The van der Waals surface area contributed by atoms with Gasteiger partial charge in [-0.15, -0.1) is 12.4 Å². The van der Waals surface area contributed by atoms with Crippen molar-refractivity contribution >= 4 is 23.9 Å². The Morgan fingerprint density at radius 2 is 2.00 bits per heavy atom. The van der Waals surface area contributed by atoms with E-state index in [4.69, 9.17) is 0 Å². The first-order chi connectivity index (χ1) is 11.3. The molecule has 130 valence electrons. The summed E-state index contributed by atoms with van der Waals surface area (Å²) in [6, 6.07) is 14.6. The Hall–Kier alpha value is -1.62. The van der Waals surface area contributed by atoms with Gasteiger partial charge in [0.05, 0.1) is 0 Å². The highest BCUT2D eigenvalue weighted by Crippen LogP contribution is 2.22. The second-order valence-corrected chi connectivity index (χ2v) is 6.37. The molecule has 1 aromatic carbocycles. The summed E-state index contributed by atoms with van der Waals surface area (Å²) >= 11 is 0. The van der Waals surface area contributed by atoms with Crippen molar-refractivity contribution in [3.05, 3.63) is 54.2 Å². The smallest absolute Gasteiger partial charge is 0.132 e. The molecule has 0 bridgehead atoms. The van der Waals surface area contributed by atoms with Crippen LogP contribution in [-0.2, 0) is 6.54 Å². The van der Waals surface area contributed by atoms with Crippen LogP contribution in [0.3, 0.4) is 0 Å². The Morgan fingerprint density at radius 1 is 1.21 bits per heavy atom. The van der Waals surface area contributed by atoms with Gasteiger partial charge in [-0.25, -0.2) is 4.98 Å². The first-order valence-corrected chi connectivity index (χ1v) is 8.37. The van der Waals surface area contributed by atoms with Crippen LogP contribution in [-0.4, -0.2) is 43.6 Å². The third-order valence-electron chi connectivity index (χ3n) is 4.57. The average molecular weight is 347 g/mol. The van der Waals surface area contributed by atoms with Crippen LogP contribution in [0.2, 0.25) is 0 Å². The van der Waals surface area contributed by atoms with Crippen LogP contribution >= 0.6 is 12.4 Å². The average Bonchev–Trinajstić information content (AvgIpc) is 3.03. The molecule has 2 aromatic rings. The number of halogens is 1. The van der Waals surface area contributed by atoms with Crippen LogP contribution in [0.5, 0.6) is 0 Å². The number of rotatable bonds is 6. The molecule has 1 fully saturated rings. The van der Waals surface area contributed by atoms with E-state index < -0.39 is 0 Å². The number of likely N-dealkylation sites (tertiary alicyclic amines) is 1. The topological polar surface area (TPSA) is 31.4 Å². The van der Waals surface area contributed by atoms with Crippen molar-refractivity contribution in [2.75, 3.05) is 38.6 Å². The zero-order chi connectivity index (χ0) is 16.1. The third kappa shape index (κ3) is 4.69. The molecule has 2 heterocycles. The van der Waals surface area contributed by atoms with Crippen molar-refractivity contribution in [3.63, 3.8) is 0 Å². The lowest BCUT2D eigenvalue weighted by molar-refractivity contribution is 0.315. The van der Waals surface area contributed by atoms with E-state index in [9.17, 15) is 0 Å². The molecule has 0 spiro atoms. The normalized spacial score (nSPS) is 17.5. The van der Waals surface area contributed by atoms with E-state index in [1.54, 1.807) is 0 Å². The second kappa shape index (κ2) is 9.02. The van der Waals surface area contributed by atoms with Crippen molar-refractivity contribution in [1.29, 1.82) is 0 Å². The van der Waals surface area contributed by atoms with E-state index in [0.717, 1.165) is 30.5 Å². The second-order valence-electron chi connectivity index (χ2n) is 6.37. The highest BCUT2D eigenvalue weighted by Gasteiger charge is 2.21. The molecule has 0 amide bonds. The summed E-state index contributed by atoms with van der Waals surface area (Å²) in [5.74, 6) is 1.77. The van der Waals surface area contributed by atoms with Crippen molar-refractivity contribution in [2.45, 2.75) is 13.0 Å². The lowest BCUT2D eigenvalue weighted by Gasteiger charge is -2.19. The van der Waals surface area contributed by atoms with Gasteiger partial charge in [0, 0.05) is 32.0 Å². The molecular weight excluding hydrogens is 320 g/mol. The first kappa shape index (κ1) is 18.7. The van der Waals surface area contributed by atoms with Crippen molar-refractivity contribution in [2.24, 2.45) is 5.92 Å². The molecule has 1 aliphatic rings. The molecule has 4 nitrogen and oxygen atoms in total. The van der Waals surface area contributed by atoms with Gasteiger partial charge in [0.2, 0.25) is 0 Å². The van der Waals surface area contributed by atoms with Crippen LogP contribution in [0.25, 0.3) is 0 Å². The standard InChI is InChI=1S/C19H26N4.ClH/c1-20-12-17-10-11-23(15-17)14-16-8-9-19(21-13-16)22(2)18-6-4-3-5-7-18;/h3-9,13,17,20H,10-12,14-15H2,1-2H3;1H. The molecule has 1 N–H and O–H groups in total. The molecule has 5 heteroatoms. The number of pyridine rings is 1. The summed E-state index contributed by atoms with van der Waals surface area (Å²) in [5.41, 5.74) is 2.45. The number of benzene rings is 1. The van der Waals surface area contributed by atoms with E-state index in [2.05, 4.69) is 63.5 Å². The molecule has 1 atom stereocenters. The molecule has 3 rings (SSSR count). The minimum Gasteiger partial charge on any atom is -0.329 e. The van der Waals surface area contributed by atoms with Crippen LogP contribution in [0.4, 0.5) is 11.5 Å². The number of hydrogen-bond acceptors (Lipinski definition) is 4. The quantitative estimate of drug-likeness (QED) is 0.869. The Bertz CT molecular complexity index is 603. The minimum absolute atomic E-state index is 0. The lowest BCUT2D eigenvalue weighted by atomic mass is 10.1. The summed E-state index contributed by atoms with van der Waals surface area (Å²) in [6.45, 7) is 4.50. The third-order valence-corrected chi connectivity index (χ3v) is 4.57. The highest BCUT2D eigenvalue weighted by molar-refractivity contribution is 5.85. The fourth-order valence-electron chi connectivity index (χ4n) is 3.26. The molecule has 1 aromatic heterocycles. The largest absolute Gasteiger partial charge is 0.329 e. The number of nitrogens with one attached hydrogen (secondary N) is 1. The van der Waals surface area contributed by atoms with Gasteiger partial charge in [0.15, 0.2) is 0 Å². The summed E-state index contributed by atoms with van der Waals surface area (Å²) in [4.78, 5) is 9.28. The van der Waals surface area contributed by atoms with E-state index in [0.29, 0.717) is 0 Å². The molecule has 1 saturated heterocycles. The number of para-hydroxylation sites is 1. The summed E-state index contributed by atoms with van der Waals surface area (Å²) in [6.07, 6.45) is 3.31. The number of nitrogens with zero attached hydrogens (tertiary/aromatic N) is 3. The Labute approximate surface area is 151 Å². The van der Waals surface area contributed by atoms with Crippen LogP contribution in [0.15, 0.2) is 48.7 Å². The van der Waals surface area contributed by atoms with E-state index in [1.165, 1.54) is 25.1 Å². The van der Waals surface area contributed by atoms with E-state index in [1.807, 2.05) is 19.3 Å². The predicted octanol–water partition coefficient (Wildman–Crippen LogP) is 3.31. The van der Waals surface area contributed by atoms with E-state index >= 15 is 0 Å². The van der Waals surface area contributed by atoms with Crippen molar-refractivity contribution < 1.29 is 0 Å². The van der Waals surface area contributed by atoms with Crippen molar-refractivity contribution in [1.82, 2.24) is 15.2 Å². The molecule has 0 saturated carbocycles. The maximum atomic E-state index is 4.64. The summed E-state index contributed by atoms with van der Waals surface area (Å²) in [5, 5.41) is 3.29. The monoisotopic (exact) mass is 346 g/mol. The SMILES string of the molecule is CNCC1CCN(Cc2ccc(N(C)c3ccccc3)nc2)C1.Cl. The fourth-order valence-corrected chi connectivity index (χ4v) is 3.26. The van der Waals surface area contributed by atoms with E-state index in [-0.39, 0.29) is 12.4 Å². The maximum Gasteiger partial charge on any atom is 0.132 e. The molecule has 0 aliphatic carbocycles. The zero-order valence-electron chi connectivity index (χ0n) is 14.5. The molecule has 0 radical (unpaired) electrons. The molecule has 1 aliphatic heterocycles. The van der Waals surface area contributed by atoms with Gasteiger partial charge in [0.1, 0.15) is 5.82 Å². The fraction of sp³-hybridized carbons (Fsp3) is 0.421.